The van der Waals surface area contributed by atoms with Crippen LogP contribution in [-0.2, 0) is 5.41 Å². The van der Waals surface area contributed by atoms with E-state index in [1.54, 1.807) is 12.1 Å². The van der Waals surface area contributed by atoms with Crippen LogP contribution in [-0.4, -0.2) is 11.3 Å². The van der Waals surface area contributed by atoms with Gasteiger partial charge in [-0.05, 0) is 35.6 Å². The number of benzene rings is 1. The van der Waals surface area contributed by atoms with Gasteiger partial charge in [0.2, 0.25) is 0 Å². The monoisotopic (exact) mass is 287 g/mol. The molecule has 0 saturated heterocycles. The van der Waals surface area contributed by atoms with Gasteiger partial charge in [0.05, 0.1) is 0 Å². The van der Waals surface area contributed by atoms with Crippen LogP contribution in [0, 0.1) is 5.82 Å². The maximum Gasteiger partial charge on any atom is 0.255 e. The summed E-state index contributed by atoms with van der Waals surface area (Å²) in [6.45, 7) is 6.47. The van der Waals surface area contributed by atoms with Crippen LogP contribution in [0.15, 0.2) is 36.5 Å². The highest BCUT2D eigenvalue weighted by atomic mass is 19.1. The zero-order chi connectivity index (χ0) is 15.5. The van der Waals surface area contributed by atoms with Crippen molar-refractivity contribution in [3.63, 3.8) is 0 Å². The van der Waals surface area contributed by atoms with Gasteiger partial charge in [0, 0.05) is 11.8 Å². The molecule has 0 radical (unpaired) electrons. The molecular weight excluding hydrogens is 269 g/mol. The lowest BCUT2D eigenvalue weighted by atomic mass is 9.82. The Morgan fingerprint density at radius 1 is 1.29 bits per heavy atom. The molecule has 21 heavy (non-hydrogen) atoms. The molecule has 0 atom stereocenters. The second kappa shape index (κ2) is 6.04. The molecule has 0 saturated carbocycles. The molecule has 3 nitrogen and oxygen atoms in total. The molecule has 0 aliphatic rings. The summed E-state index contributed by atoms with van der Waals surface area (Å²) in [5.41, 5.74) is 1.47. The maximum atomic E-state index is 13.7. The van der Waals surface area contributed by atoms with Crippen LogP contribution in [0.2, 0.25) is 0 Å². The minimum Gasteiger partial charge on any atom is -0.436 e. The van der Waals surface area contributed by atoms with Crippen LogP contribution in [0.1, 0.15) is 43.1 Å². The Bertz CT molecular complexity index is 636. The van der Waals surface area contributed by atoms with Crippen LogP contribution in [0.4, 0.5) is 4.39 Å². The first-order valence-corrected chi connectivity index (χ1v) is 6.85. The van der Waals surface area contributed by atoms with E-state index in [1.807, 2.05) is 12.1 Å². The standard InChI is InChI=1S/C17H18FNO2/c1-4-17(2,3)13-5-7-14(8-6-13)21-16-15(18)9-12(11-20)10-19-16/h5-11H,4H2,1-3H3. The summed E-state index contributed by atoms with van der Waals surface area (Å²) < 4.78 is 19.1. The summed E-state index contributed by atoms with van der Waals surface area (Å²) in [6.07, 6.45) is 2.85. The first-order chi connectivity index (χ1) is 9.96. The SMILES string of the molecule is CCC(C)(C)c1ccc(Oc2ncc(C=O)cc2F)cc1. The predicted octanol–water partition coefficient (Wildman–Crippen LogP) is 4.51. The highest BCUT2D eigenvalue weighted by molar-refractivity contribution is 5.74. The van der Waals surface area contributed by atoms with Gasteiger partial charge in [-0.2, -0.15) is 0 Å². The first kappa shape index (κ1) is 15.2. The number of aromatic nitrogens is 1. The molecule has 1 aromatic heterocycles. The fourth-order valence-electron chi connectivity index (χ4n) is 1.87. The molecule has 0 unspecified atom stereocenters. The highest BCUT2D eigenvalue weighted by Crippen LogP contribution is 2.29. The van der Waals surface area contributed by atoms with Gasteiger partial charge in [-0.15, -0.1) is 0 Å². The number of hydrogen-bond donors (Lipinski definition) is 0. The molecule has 110 valence electrons. The second-order valence-electron chi connectivity index (χ2n) is 5.54. The van der Waals surface area contributed by atoms with Crippen molar-refractivity contribution in [2.45, 2.75) is 32.6 Å². The number of rotatable bonds is 5. The van der Waals surface area contributed by atoms with Crippen molar-refractivity contribution in [3.8, 4) is 11.6 Å². The number of hydrogen-bond acceptors (Lipinski definition) is 3. The average Bonchev–Trinajstić information content (AvgIpc) is 2.50. The summed E-state index contributed by atoms with van der Waals surface area (Å²) in [6, 6.07) is 8.62. The van der Waals surface area contributed by atoms with Crippen LogP contribution in [0.3, 0.4) is 0 Å². The van der Waals surface area contributed by atoms with E-state index in [1.165, 1.54) is 11.8 Å². The van der Waals surface area contributed by atoms with E-state index < -0.39 is 5.82 Å². The van der Waals surface area contributed by atoms with Gasteiger partial charge >= 0.3 is 0 Å². The molecule has 0 fully saturated rings. The van der Waals surface area contributed by atoms with Gasteiger partial charge < -0.3 is 4.74 Å². The normalized spacial score (nSPS) is 11.2. The zero-order valence-corrected chi connectivity index (χ0v) is 12.4. The Labute approximate surface area is 123 Å². The minimum absolute atomic E-state index is 0.0909. The quantitative estimate of drug-likeness (QED) is 0.759. The van der Waals surface area contributed by atoms with E-state index in [0.717, 1.165) is 12.5 Å². The molecule has 0 aliphatic carbocycles. The zero-order valence-electron chi connectivity index (χ0n) is 12.4. The summed E-state index contributed by atoms with van der Waals surface area (Å²) in [5.74, 6) is -0.281. The summed E-state index contributed by atoms with van der Waals surface area (Å²) in [5, 5.41) is 0. The topological polar surface area (TPSA) is 39.2 Å². The fourth-order valence-corrected chi connectivity index (χ4v) is 1.87. The van der Waals surface area contributed by atoms with Crippen molar-refractivity contribution in [2.75, 3.05) is 0 Å². The smallest absolute Gasteiger partial charge is 0.255 e. The molecule has 2 rings (SSSR count). The van der Waals surface area contributed by atoms with Crippen molar-refractivity contribution in [1.82, 2.24) is 4.98 Å². The second-order valence-corrected chi connectivity index (χ2v) is 5.54. The molecule has 2 aromatic rings. The molecule has 0 spiro atoms. The molecular formula is C17H18FNO2. The van der Waals surface area contributed by atoms with Crippen LogP contribution >= 0.6 is 0 Å². The largest absolute Gasteiger partial charge is 0.436 e. The van der Waals surface area contributed by atoms with Crippen molar-refractivity contribution >= 4 is 6.29 Å². The molecule has 1 aromatic carbocycles. The molecule has 0 bridgehead atoms. The number of carbonyl (C=O) groups excluding carboxylic acids is 1. The summed E-state index contributed by atoms with van der Waals surface area (Å²) in [4.78, 5) is 14.3. The fraction of sp³-hybridized carbons (Fsp3) is 0.294. The third kappa shape index (κ3) is 3.45. The van der Waals surface area contributed by atoms with Crippen LogP contribution in [0.25, 0.3) is 0 Å². The van der Waals surface area contributed by atoms with Gasteiger partial charge in [-0.1, -0.05) is 32.9 Å². The van der Waals surface area contributed by atoms with Crippen molar-refractivity contribution in [1.29, 1.82) is 0 Å². The van der Waals surface area contributed by atoms with E-state index in [4.69, 9.17) is 4.74 Å². The lowest BCUT2D eigenvalue weighted by Crippen LogP contribution is -2.14. The molecule has 0 amide bonds. The third-order valence-electron chi connectivity index (χ3n) is 3.70. The van der Waals surface area contributed by atoms with E-state index in [0.29, 0.717) is 12.0 Å². The van der Waals surface area contributed by atoms with E-state index in [9.17, 15) is 9.18 Å². The molecule has 1 heterocycles. The van der Waals surface area contributed by atoms with Crippen molar-refractivity contribution in [3.05, 3.63) is 53.5 Å². The Balaban J connectivity index is 2.19. The Morgan fingerprint density at radius 2 is 1.95 bits per heavy atom. The molecule has 4 heteroatoms. The van der Waals surface area contributed by atoms with Crippen molar-refractivity contribution in [2.24, 2.45) is 0 Å². The maximum absolute atomic E-state index is 13.7. The van der Waals surface area contributed by atoms with Gasteiger partial charge in [0.25, 0.3) is 5.88 Å². The first-order valence-electron chi connectivity index (χ1n) is 6.85. The van der Waals surface area contributed by atoms with Gasteiger partial charge in [0.15, 0.2) is 12.1 Å². The highest BCUT2D eigenvalue weighted by Gasteiger charge is 2.17. The number of ether oxygens (including phenoxy) is 1. The van der Waals surface area contributed by atoms with E-state index in [2.05, 4.69) is 25.8 Å². The lowest BCUT2D eigenvalue weighted by Gasteiger charge is -2.23. The Kier molecular flexibility index (Phi) is 4.36. The summed E-state index contributed by atoms with van der Waals surface area (Å²) in [7, 11) is 0. The van der Waals surface area contributed by atoms with Gasteiger partial charge in [-0.25, -0.2) is 9.37 Å². The average molecular weight is 287 g/mol. The van der Waals surface area contributed by atoms with Crippen LogP contribution < -0.4 is 4.74 Å². The molecule has 0 N–H and O–H groups in total. The third-order valence-corrected chi connectivity index (χ3v) is 3.70. The number of carbonyl (C=O) groups is 1. The van der Waals surface area contributed by atoms with Crippen LogP contribution in [0.5, 0.6) is 11.6 Å². The van der Waals surface area contributed by atoms with Crippen molar-refractivity contribution < 1.29 is 13.9 Å². The Hall–Kier alpha value is -2.23. The van der Waals surface area contributed by atoms with Gasteiger partial charge in [0.1, 0.15) is 5.75 Å². The van der Waals surface area contributed by atoms with E-state index >= 15 is 0 Å². The molecule has 0 aliphatic heterocycles. The number of aldehydes is 1. The Morgan fingerprint density at radius 3 is 2.48 bits per heavy atom. The van der Waals surface area contributed by atoms with Gasteiger partial charge in [-0.3, -0.25) is 4.79 Å². The lowest BCUT2D eigenvalue weighted by molar-refractivity contribution is 0.112. The summed E-state index contributed by atoms with van der Waals surface area (Å²) >= 11 is 0. The number of halogens is 1. The number of pyridine rings is 1. The van der Waals surface area contributed by atoms with E-state index in [-0.39, 0.29) is 16.9 Å². The minimum atomic E-state index is -0.655. The number of nitrogens with zero attached hydrogens (tertiary/aromatic N) is 1. The predicted molar refractivity (Wildman–Crippen MR) is 79.4 cm³/mol.